The van der Waals surface area contributed by atoms with Gasteiger partial charge in [-0.1, -0.05) is 11.3 Å². The fourth-order valence-electron chi connectivity index (χ4n) is 2.94. The number of nitrogens with zero attached hydrogens (tertiary/aromatic N) is 2. The molecule has 2 amide bonds. The molecule has 0 spiro atoms. The molecule has 150 valence electrons. The summed E-state index contributed by atoms with van der Waals surface area (Å²) in [6, 6.07) is 4.39. The molecule has 11 heteroatoms. The van der Waals surface area contributed by atoms with Crippen LogP contribution in [0.15, 0.2) is 29.2 Å². The van der Waals surface area contributed by atoms with Crippen LogP contribution in [0.1, 0.15) is 28.2 Å². The number of aromatic nitrogens is 1. The van der Waals surface area contributed by atoms with Crippen LogP contribution in [-0.2, 0) is 14.8 Å². The van der Waals surface area contributed by atoms with E-state index in [-0.39, 0.29) is 27.8 Å². The summed E-state index contributed by atoms with van der Waals surface area (Å²) in [6.07, 6.45) is 1.01. The Hall–Kier alpha value is -2.53. The molecule has 0 bridgehead atoms. The second-order valence-corrected chi connectivity index (χ2v) is 9.14. The molecular formula is C17H19FN4O4S2. The first-order chi connectivity index (χ1) is 13.2. The van der Waals surface area contributed by atoms with Crippen LogP contribution in [0.5, 0.6) is 0 Å². The van der Waals surface area contributed by atoms with Crippen molar-refractivity contribution in [2.24, 2.45) is 11.7 Å². The van der Waals surface area contributed by atoms with Gasteiger partial charge in [0, 0.05) is 19.0 Å². The van der Waals surface area contributed by atoms with E-state index in [0.29, 0.717) is 36.5 Å². The maximum atomic E-state index is 13.0. The lowest BCUT2D eigenvalue weighted by Crippen LogP contribution is -2.41. The fourth-order valence-corrected chi connectivity index (χ4v) is 5.11. The SMILES string of the molecule is Cc1nc(NS(=O)(=O)c2ccc(F)cc2)sc1C(=O)N1CCC(C(N)=O)CC1. The van der Waals surface area contributed by atoms with Gasteiger partial charge >= 0.3 is 0 Å². The minimum atomic E-state index is -3.95. The van der Waals surface area contributed by atoms with E-state index in [1.165, 1.54) is 0 Å². The number of carbonyl (C=O) groups excluding carboxylic acids is 2. The summed E-state index contributed by atoms with van der Waals surface area (Å²) in [4.78, 5) is 30.0. The molecule has 2 heterocycles. The molecule has 1 aromatic carbocycles. The monoisotopic (exact) mass is 426 g/mol. The summed E-state index contributed by atoms with van der Waals surface area (Å²) in [5.41, 5.74) is 5.71. The summed E-state index contributed by atoms with van der Waals surface area (Å²) < 4.78 is 40.1. The van der Waals surface area contributed by atoms with Crippen LogP contribution in [0.25, 0.3) is 0 Å². The van der Waals surface area contributed by atoms with Gasteiger partial charge in [-0.2, -0.15) is 0 Å². The highest BCUT2D eigenvalue weighted by Crippen LogP contribution is 2.28. The molecule has 3 rings (SSSR count). The molecule has 1 fully saturated rings. The van der Waals surface area contributed by atoms with Gasteiger partial charge in [0.1, 0.15) is 10.7 Å². The Morgan fingerprint density at radius 2 is 1.86 bits per heavy atom. The highest BCUT2D eigenvalue weighted by molar-refractivity contribution is 7.93. The Morgan fingerprint density at radius 3 is 2.43 bits per heavy atom. The van der Waals surface area contributed by atoms with Crippen molar-refractivity contribution in [2.45, 2.75) is 24.7 Å². The third-order valence-corrected chi connectivity index (χ3v) is 7.07. The van der Waals surface area contributed by atoms with E-state index in [9.17, 15) is 22.4 Å². The summed E-state index contributed by atoms with van der Waals surface area (Å²) in [5.74, 6) is -1.40. The minimum absolute atomic E-state index is 0.0530. The van der Waals surface area contributed by atoms with Crippen molar-refractivity contribution in [3.05, 3.63) is 40.7 Å². The van der Waals surface area contributed by atoms with Crippen LogP contribution in [0, 0.1) is 18.7 Å². The standard InChI is InChI=1S/C17H19FN4O4S2/c1-10-14(16(24)22-8-6-11(7-9-22)15(19)23)27-17(20-10)21-28(25,26)13-4-2-12(18)3-5-13/h2-5,11H,6-9H2,1H3,(H2,19,23)(H,20,21). The number of primary amides is 1. The molecule has 0 atom stereocenters. The van der Waals surface area contributed by atoms with E-state index in [1.807, 2.05) is 0 Å². The predicted molar refractivity (Wildman–Crippen MR) is 102 cm³/mol. The topological polar surface area (TPSA) is 122 Å². The normalized spacial score (nSPS) is 15.4. The zero-order valence-electron chi connectivity index (χ0n) is 15.0. The van der Waals surface area contributed by atoms with Gasteiger partial charge in [0.2, 0.25) is 5.91 Å². The zero-order chi connectivity index (χ0) is 20.5. The molecular weight excluding hydrogens is 407 g/mol. The molecule has 1 saturated heterocycles. The highest BCUT2D eigenvalue weighted by Gasteiger charge is 2.29. The van der Waals surface area contributed by atoms with Crippen molar-refractivity contribution in [3.63, 3.8) is 0 Å². The molecule has 8 nitrogen and oxygen atoms in total. The highest BCUT2D eigenvalue weighted by atomic mass is 32.2. The number of amides is 2. The number of likely N-dealkylation sites (tertiary alicyclic amines) is 1. The quantitative estimate of drug-likeness (QED) is 0.754. The van der Waals surface area contributed by atoms with Crippen LogP contribution in [0.3, 0.4) is 0 Å². The molecule has 28 heavy (non-hydrogen) atoms. The van der Waals surface area contributed by atoms with E-state index in [2.05, 4.69) is 9.71 Å². The van der Waals surface area contributed by atoms with E-state index >= 15 is 0 Å². The molecule has 0 saturated carbocycles. The second kappa shape index (κ2) is 7.84. The average Bonchev–Trinajstić information content (AvgIpc) is 3.01. The Kier molecular flexibility index (Phi) is 5.66. The number of carbonyl (C=O) groups is 2. The maximum Gasteiger partial charge on any atom is 0.265 e. The molecule has 1 aliphatic rings. The number of anilines is 1. The lowest BCUT2D eigenvalue weighted by Gasteiger charge is -2.30. The molecule has 0 radical (unpaired) electrons. The Balaban J connectivity index is 1.73. The van der Waals surface area contributed by atoms with Gasteiger partial charge < -0.3 is 10.6 Å². The number of rotatable bonds is 5. The third kappa shape index (κ3) is 4.30. The maximum absolute atomic E-state index is 13.0. The molecule has 2 aromatic rings. The number of hydrogen-bond acceptors (Lipinski definition) is 6. The van der Waals surface area contributed by atoms with Crippen LogP contribution in [0.2, 0.25) is 0 Å². The van der Waals surface area contributed by atoms with Gasteiger partial charge in [-0.25, -0.2) is 17.8 Å². The van der Waals surface area contributed by atoms with E-state index < -0.39 is 15.8 Å². The number of benzene rings is 1. The number of thiazole rings is 1. The van der Waals surface area contributed by atoms with Crippen molar-refractivity contribution in [1.82, 2.24) is 9.88 Å². The largest absolute Gasteiger partial charge is 0.369 e. The van der Waals surface area contributed by atoms with Crippen molar-refractivity contribution in [2.75, 3.05) is 17.8 Å². The van der Waals surface area contributed by atoms with Gasteiger partial charge in [0.05, 0.1) is 10.6 Å². The lowest BCUT2D eigenvalue weighted by molar-refractivity contribution is -0.123. The number of piperidine rings is 1. The van der Waals surface area contributed by atoms with E-state index in [0.717, 1.165) is 35.6 Å². The summed E-state index contributed by atoms with van der Waals surface area (Å²) >= 11 is 0.935. The van der Waals surface area contributed by atoms with E-state index in [4.69, 9.17) is 5.73 Å². The van der Waals surface area contributed by atoms with Crippen molar-refractivity contribution in [1.29, 1.82) is 0 Å². The van der Waals surface area contributed by atoms with Crippen LogP contribution >= 0.6 is 11.3 Å². The van der Waals surface area contributed by atoms with Crippen LogP contribution < -0.4 is 10.5 Å². The second-order valence-electron chi connectivity index (χ2n) is 6.46. The van der Waals surface area contributed by atoms with Gasteiger partial charge in [-0.3, -0.25) is 14.3 Å². The molecule has 3 N–H and O–H groups in total. The molecule has 1 aliphatic heterocycles. The Morgan fingerprint density at radius 1 is 1.25 bits per heavy atom. The van der Waals surface area contributed by atoms with Crippen LogP contribution in [0.4, 0.5) is 9.52 Å². The smallest absolute Gasteiger partial charge is 0.265 e. The number of sulfonamides is 1. The van der Waals surface area contributed by atoms with Gasteiger partial charge in [-0.15, -0.1) is 0 Å². The molecule has 0 aliphatic carbocycles. The fraction of sp³-hybridized carbons (Fsp3) is 0.353. The first-order valence-electron chi connectivity index (χ1n) is 8.52. The summed E-state index contributed by atoms with van der Waals surface area (Å²) in [5, 5.41) is 0.0530. The van der Waals surface area contributed by atoms with Gasteiger partial charge in [-0.05, 0) is 44.0 Å². The zero-order valence-corrected chi connectivity index (χ0v) is 16.6. The average molecular weight is 426 g/mol. The van der Waals surface area contributed by atoms with Crippen LogP contribution in [-0.4, -0.2) is 43.2 Å². The number of halogens is 1. The van der Waals surface area contributed by atoms with Crippen molar-refractivity contribution < 1.29 is 22.4 Å². The number of aryl methyl sites for hydroxylation is 1. The van der Waals surface area contributed by atoms with E-state index in [1.54, 1.807) is 11.8 Å². The van der Waals surface area contributed by atoms with Crippen molar-refractivity contribution >= 4 is 38.3 Å². The number of nitrogens with one attached hydrogen (secondary N) is 1. The van der Waals surface area contributed by atoms with Gasteiger partial charge in [0.15, 0.2) is 5.13 Å². The minimum Gasteiger partial charge on any atom is -0.369 e. The Bertz CT molecular complexity index is 997. The first-order valence-corrected chi connectivity index (χ1v) is 10.8. The summed E-state index contributed by atoms with van der Waals surface area (Å²) in [6.45, 7) is 2.43. The molecule has 1 aromatic heterocycles. The van der Waals surface area contributed by atoms with Crippen molar-refractivity contribution in [3.8, 4) is 0 Å². The molecule has 0 unspecified atom stereocenters. The van der Waals surface area contributed by atoms with Gasteiger partial charge in [0.25, 0.3) is 15.9 Å². The summed E-state index contributed by atoms with van der Waals surface area (Å²) in [7, 11) is -3.95. The Labute approximate surface area is 165 Å². The third-order valence-electron chi connectivity index (χ3n) is 4.52. The number of hydrogen-bond donors (Lipinski definition) is 2. The lowest BCUT2D eigenvalue weighted by atomic mass is 9.96. The first kappa shape index (κ1) is 20.2. The number of nitrogens with two attached hydrogens (primary N) is 1. The predicted octanol–water partition coefficient (Wildman–Crippen LogP) is 1.73.